The molecule has 7 atom stereocenters. The predicted octanol–water partition coefficient (Wildman–Crippen LogP) is -9.71. The quantitative estimate of drug-likeness (QED) is 0.145. The normalized spacial score (nSPS) is 27.4. The molecule has 0 saturated carbocycles. The first kappa shape index (κ1) is 34.6. The van der Waals surface area contributed by atoms with Crippen LogP contribution in [0.15, 0.2) is 12.7 Å². The van der Waals surface area contributed by atoms with E-state index >= 15 is 0 Å². The van der Waals surface area contributed by atoms with Crippen molar-refractivity contribution in [2.45, 2.75) is 24.5 Å². The zero-order valence-corrected chi connectivity index (χ0v) is 24.0. The Morgan fingerprint density at radius 1 is 1.09 bits per heavy atom. The average Bonchev–Trinajstić information content (AvgIpc) is 3.13. The van der Waals surface area contributed by atoms with E-state index in [0.717, 1.165) is 6.33 Å². The minimum Gasteiger partial charge on any atom is -0.756 e. The maximum atomic E-state index is 11.7. The molecule has 0 aliphatic carbocycles. The van der Waals surface area contributed by atoms with Crippen LogP contribution in [0.3, 0.4) is 0 Å². The third-order valence-electron chi connectivity index (χ3n) is 3.81. The first-order chi connectivity index (χ1) is 14.2. The van der Waals surface area contributed by atoms with E-state index in [-0.39, 0.29) is 81.6 Å². The van der Waals surface area contributed by atoms with E-state index in [2.05, 4.69) is 28.1 Å². The number of imidazole rings is 1. The summed E-state index contributed by atoms with van der Waals surface area (Å²) in [7, 11) is -17.4. The maximum absolute atomic E-state index is 11.7. The number of aliphatic hydroxyl groups excluding tert-OH is 2. The summed E-state index contributed by atoms with van der Waals surface area (Å²) in [5, 5.41) is 20.4. The number of aromatic nitrogens is 4. The summed E-state index contributed by atoms with van der Waals surface area (Å²) in [5.74, 6) is 0.0322. The van der Waals surface area contributed by atoms with Crippen LogP contribution in [0.2, 0.25) is 0 Å². The summed E-state index contributed by atoms with van der Waals surface area (Å²) >= 11 is 0. The number of hydrogen-bond donors (Lipinski definition) is 5. The van der Waals surface area contributed by atoms with Crippen LogP contribution in [0.1, 0.15) is 6.23 Å². The van der Waals surface area contributed by atoms with E-state index in [1.54, 1.807) is 0 Å². The zero-order chi connectivity index (χ0) is 23.2. The average molecular weight is 569 g/mol. The van der Waals surface area contributed by atoms with Crippen molar-refractivity contribution in [3.05, 3.63) is 12.7 Å². The Balaban J connectivity index is 0.00000363. The van der Waals surface area contributed by atoms with Crippen LogP contribution < -0.4 is 74.6 Å². The molecule has 3 rings (SSSR count). The number of phosphoric ester groups is 1. The number of nitrogens with zero attached hydrogens (tertiary/aromatic N) is 4. The predicted molar refractivity (Wildman–Crippen MR) is 94.7 cm³/mol. The Hall–Kier alpha value is 0.600. The van der Waals surface area contributed by atoms with Crippen molar-refractivity contribution in [1.29, 1.82) is 0 Å². The summed E-state index contributed by atoms with van der Waals surface area (Å²) in [6.45, 7) is -1.000. The third-order valence-corrected chi connectivity index (χ3v) is 7.53. The van der Waals surface area contributed by atoms with Gasteiger partial charge in [-0.15, -0.1) is 0 Å². The summed E-state index contributed by atoms with van der Waals surface area (Å²) in [6, 6.07) is 0. The van der Waals surface area contributed by atoms with Crippen molar-refractivity contribution >= 4 is 40.4 Å². The molecule has 0 amide bonds. The summed E-state index contributed by atoms with van der Waals surface area (Å²) in [4.78, 5) is 51.0. The topological polar surface area (TPSA) is 316 Å². The molecule has 3 heterocycles. The number of nitrogen functional groups attached to an aromatic ring is 1. The van der Waals surface area contributed by atoms with E-state index < -0.39 is 54.6 Å². The summed E-state index contributed by atoms with van der Waals surface area (Å²) in [6.07, 6.45) is -3.81. The molecular weight excluding hydrogens is 553 g/mol. The Kier molecular flexibility index (Phi) is 13.1. The van der Waals surface area contributed by atoms with Gasteiger partial charge in [-0.3, -0.25) is 18.2 Å². The zero-order valence-electron chi connectivity index (χ0n) is 17.3. The molecule has 2 aromatic rings. The molecule has 0 bridgehead atoms. The number of phosphoric acid groups is 3. The molecule has 1 aliphatic rings. The van der Waals surface area contributed by atoms with Crippen molar-refractivity contribution in [3.8, 4) is 0 Å². The van der Waals surface area contributed by atoms with Gasteiger partial charge in [0.15, 0.2) is 17.7 Å². The van der Waals surface area contributed by atoms with E-state index in [4.69, 9.17) is 15.4 Å². The molecule has 0 aromatic carbocycles. The van der Waals surface area contributed by atoms with Crippen LogP contribution >= 0.6 is 23.5 Å². The monoisotopic (exact) mass is 569 g/mol. The molecule has 182 valence electrons. The van der Waals surface area contributed by atoms with Gasteiger partial charge in [0, 0.05) is 0 Å². The van der Waals surface area contributed by atoms with Gasteiger partial charge in [-0.1, -0.05) is 0 Å². The van der Waals surface area contributed by atoms with Crippen LogP contribution in [0.25, 0.3) is 11.2 Å². The first-order valence-electron chi connectivity index (χ1n) is 7.88. The minimum absolute atomic E-state index is 0. The van der Waals surface area contributed by atoms with E-state index in [0.29, 0.717) is 0 Å². The number of ether oxygens (including phenoxy) is 1. The molecule has 8 N–H and O–H groups in total. The Labute approximate surface area is 234 Å². The molecule has 1 aliphatic heterocycles. The van der Waals surface area contributed by atoms with Crippen LogP contribution in [0.4, 0.5) is 5.82 Å². The number of fused-ring (bicyclic) bond motifs is 1. The van der Waals surface area contributed by atoms with Gasteiger partial charge in [-0.05, 0) is 0 Å². The van der Waals surface area contributed by atoms with Crippen LogP contribution in [0, 0.1) is 0 Å². The van der Waals surface area contributed by atoms with Crippen LogP contribution in [-0.4, -0.2) is 69.9 Å². The molecule has 24 heteroatoms. The van der Waals surface area contributed by atoms with E-state index in [9.17, 15) is 38.6 Å². The van der Waals surface area contributed by atoms with Crippen LogP contribution in [0.5, 0.6) is 0 Å². The largest absolute Gasteiger partial charge is 1.00 e. The van der Waals surface area contributed by atoms with Gasteiger partial charge in [0.25, 0.3) is 15.6 Å². The molecule has 0 spiro atoms. The molecule has 34 heavy (non-hydrogen) atoms. The molecular formula is C10H16N5Na2O14P3. The van der Waals surface area contributed by atoms with E-state index in [1.807, 2.05) is 0 Å². The Morgan fingerprint density at radius 2 is 1.71 bits per heavy atom. The summed E-state index contributed by atoms with van der Waals surface area (Å²) in [5.41, 5.74) is 5.97. The fraction of sp³-hybridized carbons (Fsp3) is 0.500. The van der Waals surface area contributed by atoms with Gasteiger partial charge in [0.05, 0.1) is 12.9 Å². The van der Waals surface area contributed by atoms with Crippen molar-refractivity contribution in [2.75, 3.05) is 12.3 Å². The van der Waals surface area contributed by atoms with Gasteiger partial charge in [-0.2, -0.15) is 0 Å². The second kappa shape index (κ2) is 12.9. The third kappa shape index (κ3) is 8.58. The first-order valence-corrected chi connectivity index (χ1v) is 12.3. The van der Waals surface area contributed by atoms with Crippen molar-refractivity contribution < 1.29 is 126 Å². The number of rotatable bonds is 8. The van der Waals surface area contributed by atoms with Gasteiger partial charge in [-0.25, -0.2) is 28.1 Å². The Morgan fingerprint density at radius 3 is 2.29 bits per heavy atom. The summed E-state index contributed by atoms with van der Waals surface area (Å²) < 4.78 is 51.0. The smallest absolute Gasteiger partial charge is 0.756 e. The molecule has 1 saturated heterocycles. The molecule has 0 radical (unpaired) electrons. The van der Waals surface area contributed by atoms with Crippen molar-refractivity contribution in [1.82, 2.24) is 19.5 Å². The van der Waals surface area contributed by atoms with Gasteiger partial charge in [0.1, 0.15) is 30.2 Å². The SMILES string of the molecule is Nc1ncnc2c1ncn2C1O[C@H](COP(=O)(O)OP(=O)([O-])OP(=O)([O-])O)[C@@H](O)[C@H]1O.O.[Na+].[Na+]. The number of hydrogen-bond acceptors (Lipinski definition) is 15. The Bertz CT molecular complexity index is 1120. The van der Waals surface area contributed by atoms with E-state index in [1.165, 1.54) is 10.9 Å². The number of anilines is 1. The molecule has 2 aromatic heterocycles. The van der Waals surface area contributed by atoms with Crippen molar-refractivity contribution in [3.63, 3.8) is 0 Å². The standard InChI is InChI=1S/C10H16N5O13P3.2Na.H2O/c11-8-5-9(13-2-12-8)15(3-14-5)10-7(17)6(16)4(26-10)1-25-30(21,22)28-31(23,24)27-29(18,19)20;;;/h2-4,6-7,10,16-17H,1H2,(H,21,22)(H,23,24)(H2,11,12,13)(H2,18,19,20);;;1H2/q;2*+1;/p-2/t4-,6-,7-,10?;;;/m1.../s1. The molecule has 19 nitrogen and oxygen atoms in total. The molecule has 1 fully saturated rings. The fourth-order valence-corrected chi connectivity index (χ4v) is 5.55. The second-order valence-electron chi connectivity index (χ2n) is 5.97. The molecule has 4 unspecified atom stereocenters. The van der Waals surface area contributed by atoms with Crippen LogP contribution in [-0.2, 0) is 31.6 Å². The minimum atomic E-state index is -6.01. The fourth-order valence-electron chi connectivity index (χ4n) is 2.61. The maximum Gasteiger partial charge on any atom is 1.00 e. The number of aliphatic hydroxyl groups is 2. The van der Waals surface area contributed by atoms with Gasteiger partial charge < -0.3 is 45.7 Å². The van der Waals surface area contributed by atoms with Gasteiger partial charge in [0.2, 0.25) is 0 Å². The number of nitrogens with two attached hydrogens (primary N) is 1. The van der Waals surface area contributed by atoms with Gasteiger partial charge >= 0.3 is 66.9 Å². The second-order valence-corrected chi connectivity index (χ2v) is 10.3. The van der Waals surface area contributed by atoms with Crippen molar-refractivity contribution in [2.24, 2.45) is 0 Å².